The third-order valence-electron chi connectivity index (χ3n) is 2.09. The van der Waals surface area contributed by atoms with Crippen LogP contribution in [0.25, 0.3) is 0 Å². The fourth-order valence-corrected chi connectivity index (χ4v) is 1.05. The quantitative estimate of drug-likeness (QED) is 0.558. The Labute approximate surface area is 62.5 Å². The van der Waals surface area contributed by atoms with Crippen LogP contribution in [0.15, 0.2) is 0 Å². The van der Waals surface area contributed by atoms with E-state index in [9.17, 15) is 0 Å². The molecule has 0 aliphatic carbocycles. The lowest BCUT2D eigenvalue weighted by Crippen LogP contribution is -2.32. The van der Waals surface area contributed by atoms with Gasteiger partial charge in [0.1, 0.15) is 0 Å². The van der Waals surface area contributed by atoms with E-state index in [4.69, 9.17) is 9.47 Å². The Morgan fingerprint density at radius 1 is 1.50 bits per heavy atom. The molecule has 0 N–H and O–H groups in total. The molecular weight excluding hydrogens is 128 g/mol. The van der Waals surface area contributed by atoms with Gasteiger partial charge in [-0.15, -0.1) is 0 Å². The van der Waals surface area contributed by atoms with Gasteiger partial charge < -0.3 is 9.47 Å². The van der Waals surface area contributed by atoms with Gasteiger partial charge in [-0.3, -0.25) is 0 Å². The van der Waals surface area contributed by atoms with Crippen LogP contribution in [0.5, 0.6) is 0 Å². The van der Waals surface area contributed by atoms with Crippen LogP contribution in [0, 0.1) is 5.92 Å². The van der Waals surface area contributed by atoms with Gasteiger partial charge in [-0.2, -0.15) is 0 Å². The normalized spacial score (nSPS) is 41.1. The van der Waals surface area contributed by atoms with Crippen molar-refractivity contribution < 1.29 is 9.47 Å². The Balaban J connectivity index is 2.54. The van der Waals surface area contributed by atoms with Gasteiger partial charge in [-0.1, -0.05) is 13.8 Å². The lowest BCUT2D eigenvalue weighted by Gasteiger charge is -2.26. The number of rotatable bonds is 1. The molecule has 0 aromatic heterocycles. The standard InChI is InChI=1S/C8H16O2/c1-6(2)8(4)9-5-7(3)10-8/h6-7H,5H2,1-4H3. The van der Waals surface area contributed by atoms with Gasteiger partial charge in [0.05, 0.1) is 12.7 Å². The number of ether oxygens (including phenoxy) is 2. The molecule has 0 spiro atoms. The topological polar surface area (TPSA) is 18.5 Å². The highest BCUT2D eigenvalue weighted by Gasteiger charge is 2.37. The zero-order chi connectivity index (χ0) is 7.78. The highest BCUT2D eigenvalue weighted by Crippen LogP contribution is 2.29. The molecule has 1 fully saturated rings. The predicted molar refractivity (Wildman–Crippen MR) is 39.7 cm³/mol. The molecule has 0 aromatic rings. The van der Waals surface area contributed by atoms with Crippen LogP contribution in [0.3, 0.4) is 0 Å². The van der Waals surface area contributed by atoms with Crippen LogP contribution < -0.4 is 0 Å². The van der Waals surface area contributed by atoms with Crippen LogP contribution in [-0.4, -0.2) is 18.5 Å². The minimum atomic E-state index is -0.334. The van der Waals surface area contributed by atoms with Gasteiger partial charge in [0, 0.05) is 5.92 Å². The zero-order valence-corrected chi connectivity index (χ0v) is 7.18. The fraction of sp³-hybridized carbons (Fsp3) is 1.00. The summed E-state index contributed by atoms with van der Waals surface area (Å²) in [5.41, 5.74) is 0. The summed E-state index contributed by atoms with van der Waals surface area (Å²) in [5, 5.41) is 0. The Kier molecular flexibility index (Phi) is 2.02. The first-order valence-corrected chi connectivity index (χ1v) is 3.86. The molecule has 10 heavy (non-hydrogen) atoms. The van der Waals surface area contributed by atoms with E-state index in [2.05, 4.69) is 13.8 Å². The first-order chi connectivity index (χ1) is 4.54. The lowest BCUT2D eigenvalue weighted by molar-refractivity contribution is -0.181. The van der Waals surface area contributed by atoms with Crippen molar-refractivity contribution in [3.05, 3.63) is 0 Å². The van der Waals surface area contributed by atoms with E-state index < -0.39 is 0 Å². The summed E-state index contributed by atoms with van der Waals surface area (Å²) >= 11 is 0. The molecule has 0 aromatic carbocycles. The average Bonchev–Trinajstić information content (AvgIpc) is 2.13. The van der Waals surface area contributed by atoms with E-state index in [1.165, 1.54) is 0 Å². The Morgan fingerprint density at radius 2 is 2.10 bits per heavy atom. The van der Waals surface area contributed by atoms with Gasteiger partial charge in [-0.25, -0.2) is 0 Å². The summed E-state index contributed by atoms with van der Waals surface area (Å²) in [6.07, 6.45) is 0.257. The molecule has 60 valence electrons. The molecule has 0 radical (unpaired) electrons. The Morgan fingerprint density at radius 3 is 2.30 bits per heavy atom. The van der Waals surface area contributed by atoms with E-state index in [0.717, 1.165) is 6.61 Å². The molecule has 2 nitrogen and oxygen atoms in total. The monoisotopic (exact) mass is 144 g/mol. The molecule has 2 unspecified atom stereocenters. The van der Waals surface area contributed by atoms with Gasteiger partial charge in [0.2, 0.25) is 0 Å². The van der Waals surface area contributed by atoms with E-state index in [-0.39, 0.29) is 11.9 Å². The van der Waals surface area contributed by atoms with Crippen molar-refractivity contribution in [3.63, 3.8) is 0 Å². The first kappa shape index (κ1) is 8.02. The maximum absolute atomic E-state index is 5.59. The van der Waals surface area contributed by atoms with Crippen molar-refractivity contribution in [3.8, 4) is 0 Å². The second kappa shape index (κ2) is 2.51. The van der Waals surface area contributed by atoms with Crippen LogP contribution >= 0.6 is 0 Å². The van der Waals surface area contributed by atoms with Crippen molar-refractivity contribution in [1.82, 2.24) is 0 Å². The van der Waals surface area contributed by atoms with Crippen LogP contribution in [0.4, 0.5) is 0 Å². The van der Waals surface area contributed by atoms with E-state index in [1.807, 2.05) is 13.8 Å². The highest BCUT2D eigenvalue weighted by atomic mass is 16.7. The molecule has 1 heterocycles. The molecule has 2 atom stereocenters. The summed E-state index contributed by atoms with van der Waals surface area (Å²) in [7, 11) is 0. The second-order valence-corrected chi connectivity index (χ2v) is 3.41. The average molecular weight is 144 g/mol. The summed E-state index contributed by atoms with van der Waals surface area (Å²) in [6.45, 7) is 8.99. The zero-order valence-electron chi connectivity index (χ0n) is 7.18. The summed E-state index contributed by atoms with van der Waals surface area (Å²) in [4.78, 5) is 0. The van der Waals surface area contributed by atoms with Crippen LogP contribution in [0.2, 0.25) is 0 Å². The molecule has 0 amide bonds. The van der Waals surface area contributed by atoms with Crippen molar-refractivity contribution in [2.75, 3.05) is 6.61 Å². The van der Waals surface area contributed by atoms with Gasteiger partial charge in [-0.05, 0) is 13.8 Å². The first-order valence-electron chi connectivity index (χ1n) is 3.86. The molecule has 1 rings (SSSR count). The molecule has 0 saturated carbocycles. The Bertz CT molecular complexity index is 122. The molecule has 1 aliphatic heterocycles. The van der Waals surface area contributed by atoms with Crippen LogP contribution in [-0.2, 0) is 9.47 Å². The van der Waals surface area contributed by atoms with Crippen molar-refractivity contribution in [1.29, 1.82) is 0 Å². The minimum absolute atomic E-state index is 0.257. The summed E-state index contributed by atoms with van der Waals surface area (Å²) in [5.74, 6) is 0.0943. The second-order valence-electron chi connectivity index (χ2n) is 3.41. The van der Waals surface area contributed by atoms with E-state index in [0.29, 0.717) is 5.92 Å². The van der Waals surface area contributed by atoms with Gasteiger partial charge in [0.25, 0.3) is 0 Å². The van der Waals surface area contributed by atoms with Crippen molar-refractivity contribution in [2.24, 2.45) is 5.92 Å². The van der Waals surface area contributed by atoms with Crippen molar-refractivity contribution >= 4 is 0 Å². The molecule has 2 heteroatoms. The maximum Gasteiger partial charge on any atom is 0.168 e. The number of hydrogen-bond acceptors (Lipinski definition) is 2. The van der Waals surface area contributed by atoms with Crippen LogP contribution in [0.1, 0.15) is 27.7 Å². The largest absolute Gasteiger partial charge is 0.347 e. The highest BCUT2D eigenvalue weighted by molar-refractivity contribution is 4.75. The van der Waals surface area contributed by atoms with Crippen molar-refractivity contribution in [2.45, 2.75) is 39.6 Å². The smallest absolute Gasteiger partial charge is 0.168 e. The predicted octanol–water partition coefficient (Wildman–Crippen LogP) is 1.79. The Hall–Kier alpha value is -0.0800. The SMILES string of the molecule is CC1COC(C)(C(C)C)O1. The van der Waals surface area contributed by atoms with E-state index >= 15 is 0 Å². The fourth-order valence-electron chi connectivity index (χ4n) is 1.05. The summed E-state index contributed by atoms with van der Waals surface area (Å²) in [6, 6.07) is 0. The molecular formula is C8H16O2. The maximum atomic E-state index is 5.59. The minimum Gasteiger partial charge on any atom is -0.347 e. The third-order valence-corrected chi connectivity index (χ3v) is 2.09. The number of hydrogen-bond donors (Lipinski definition) is 0. The third kappa shape index (κ3) is 1.32. The molecule has 1 saturated heterocycles. The van der Waals surface area contributed by atoms with Gasteiger partial charge >= 0.3 is 0 Å². The molecule has 0 bridgehead atoms. The van der Waals surface area contributed by atoms with E-state index in [1.54, 1.807) is 0 Å². The lowest BCUT2D eigenvalue weighted by atomic mass is 10.1. The summed E-state index contributed by atoms with van der Waals surface area (Å²) < 4.78 is 11.1. The van der Waals surface area contributed by atoms with Gasteiger partial charge in [0.15, 0.2) is 5.79 Å². The molecule has 1 aliphatic rings.